The van der Waals surface area contributed by atoms with Gasteiger partial charge < -0.3 is 5.32 Å². The van der Waals surface area contributed by atoms with Gasteiger partial charge in [-0.3, -0.25) is 19.4 Å². The van der Waals surface area contributed by atoms with Crippen LogP contribution in [0, 0.1) is 12.8 Å². The number of benzene rings is 1. The largest absolute Gasteiger partial charge is 0.352 e. The van der Waals surface area contributed by atoms with Crippen LogP contribution in [-0.2, 0) is 7.05 Å². The maximum atomic E-state index is 12.6. The van der Waals surface area contributed by atoms with Gasteiger partial charge in [-0.2, -0.15) is 0 Å². The first-order valence-corrected chi connectivity index (χ1v) is 8.44. The fraction of sp³-hybridized carbons (Fsp3) is 0.316. The Morgan fingerprint density at radius 2 is 2.12 bits per heavy atom. The summed E-state index contributed by atoms with van der Waals surface area (Å²) in [5, 5.41) is 6.00. The van der Waals surface area contributed by atoms with E-state index in [0.29, 0.717) is 40.7 Å². The molecule has 1 aliphatic carbocycles. The van der Waals surface area contributed by atoms with E-state index in [1.54, 1.807) is 17.8 Å². The number of nitrogens with one attached hydrogen (secondary N) is 2. The Balaban J connectivity index is 1.51. The van der Waals surface area contributed by atoms with Gasteiger partial charge in [-0.1, -0.05) is 30.3 Å². The van der Waals surface area contributed by atoms with Crippen LogP contribution in [0.1, 0.15) is 34.0 Å². The Kier molecular flexibility index (Phi) is 3.67. The highest BCUT2D eigenvalue weighted by Gasteiger charge is 2.38. The number of hydrogen-bond acceptors (Lipinski definition) is 3. The Hall–Kier alpha value is -2.89. The van der Waals surface area contributed by atoms with Crippen molar-refractivity contribution in [2.75, 3.05) is 6.54 Å². The molecule has 0 aliphatic heterocycles. The van der Waals surface area contributed by atoms with Gasteiger partial charge in [-0.25, -0.2) is 4.98 Å². The molecule has 1 aromatic carbocycles. The molecule has 0 spiro atoms. The first-order valence-electron chi connectivity index (χ1n) is 8.44. The van der Waals surface area contributed by atoms with Crippen LogP contribution < -0.4 is 10.9 Å². The Labute approximate surface area is 144 Å². The number of fused-ring (bicyclic) bond motifs is 1. The van der Waals surface area contributed by atoms with E-state index in [0.717, 1.165) is 6.42 Å². The van der Waals surface area contributed by atoms with Crippen molar-refractivity contribution >= 4 is 16.9 Å². The topological polar surface area (TPSA) is 79.8 Å². The number of hydrogen-bond donors (Lipinski definition) is 2. The number of aryl methyl sites for hydroxylation is 2. The van der Waals surface area contributed by atoms with Gasteiger partial charge >= 0.3 is 0 Å². The summed E-state index contributed by atoms with van der Waals surface area (Å²) in [7, 11) is 1.71. The van der Waals surface area contributed by atoms with Gasteiger partial charge in [0.1, 0.15) is 0 Å². The number of nitrogens with zero attached hydrogens (tertiary/aromatic N) is 2. The highest BCUT2D eigenvalue weighted by atomic mass is 16.2. The lowest BCUT2D eigenvalue weighted by molar-refractivity contribution is 0.0953. The third-order valence-electron chi connectivity index (χ3n) is 4.86. The molecule has 0 radical (unpaired) electrons. The maximum Gasteiger partial charge on any atom is 0.274 e. The minimum atomic E-state index is -0.288. The summed E-state index contributed by atoms with van der Waals surface area (Å²) >= 11 is 0. The molecular weight excluding hydrogens is 316 g/mol. The second-order valence-electron chi connectivity index (χ2n) is 6.73. The van der Waals surface area contributed by atoms with E-state index in [1.165, 1.54) is 5.56 Å². The number of rotatable bonds is 4. The van der Waals surface area contributed by atoms with Crippen molar-refractivity contribution < 1.29 is 4.79 Å². The van der Waals surface area contributed by atoms with Gasteiger partial charge in [0.15, 0.2) is 5.65 Å². The monoisotopic (exact) mass is 336 g/mol. The van der Waals surface area contributed by atoms with Crippen molar-refractivity contribution in [3.8, 4) is 0 Å². The summed E-state index contributed by atoms with van der Waals surface area (Å²) in [4.78, 5) is 29.1. The summed E-state index contributed by atoms with van der Waals surface area (Å²) in [6.07, 6.45) is 1.08. The number of carbonyl (C=O) groups is 1. The standard InChI is InChI=1S/C19H20N4O2/c1-11-8-15(16-17(21-11)23(2)22-19(16)25)18(24)20-10-13-9-14(13)12-6-4-3-5-7-12/h3-8,13-14H,9-10H2,1-2H3,(H,20,24)(H,22,25)/t13-,14-/m0/s1. The van der Waals surface area contributed by atoms with Crippen molar-refractivity contribution in [2.24, 2.45) is 13.0 Å². The average molecular weight is 336 g/mol. The van der Waals surface area contributed by atoms with Crippen LogP contribution in [0.3, 0.4) is 0 Å². The molecule has 3 aromatic rings. The lowest BCUT2D eigenvalue weighted by atomic mass is 10.1. The summed E-state index contributed by atoms with van der Waals surface area (Å²) in [5.41, 5.74) is 2.64. The van der Waals surface area contributed by atoms with Crippen molar-refractivity contribution in [3.05, 3.63) is 63.6 Å². The molecule has 0 saturated heterocycles. The van der Waals surface area contributed by atoms with Crippen molar-refractivity contribution in [2.45, 2.75) is 19.3 Å². The van der Waals surface area contributed by atoms with Gasteiger partial charge in [0.25, 0.3) is 11.5 Å². The quantitative estimate of drug-likeness (QED) is 0.766. The molecule has 2 N–H and O–H groups in total. The molecule has 1 aliphatic rings. The molecule has 2 atom stereocenters. The SMILES string of the molecule is Cc1cc(C(=O)NC[C@@H]2C[C@H]2c2ccccc2)c2c(=O)[nH]n(C)c2n1. The molecule has 128 valence electrons. The van der Waals surface area contributed by atoms with E-state index in [-0.39, 0.29) is 11.5 Å². The van der Waals surface area contributed by atoms with Gasteiger partial charge in [-0.05, 0) is 36.8 Å². The Morgan fingerprint density at radius 3 is 2.88 bits per heavy atom. The summed E-state index contributed by atoms with van der Waals surface area (Å²) in [6.45, 7) is 2.44. The molecule has 2 aromatic heterocycles. The molecule has 6 nitrogen and oxygen atoms in total. The average Bonchev–Trinajstić information content (AvgIpc) is 3.33. The second-order valence-corrected chi connectivity index (χ2v) is 6.73. The van der Waals surface area contributed by atoms with E-state index in [1.807, 2.05) is 25.1 Å². The third-order valence-corrected chi connectivity index (χ3v) is 4.86. The lowest BCUT2D eigenvalue weighted by Crippen LogP contribution is -2.27. The van der Waals surface area contributed by atoms with Gasteiger partial charge in [0.05, 0.1) is 10.9 Å². The predicted octanol–water partition coefficient (Wildman–Crippen LogP) is 2.10. The van der Waals surface area contributed by atoms with Crippen LogP contribution in [0.2, 0.25) is 0 Å². The second kappa shape index (κ2) is 5.88. The highest BCUT2D eigenvalue weighted by molar-refractivity contribution is 6.05. The number of pyridine rings is 1. The van der Waals surface area contributed by atoms with Crippen LogP contribution in [0.4, 0.5) is 0 Å². The zero-order valence-electron chi connectivity index (χ0n) is 14.2. The number of amides is 1. The number of carbonyl (C=O) groups excluding carboxylic acids is 1. The fourth-order valence-corrected chi connectivity index (χ4v) is 3.46. The summed E-state index contributed by atoms with van der Waals surface area (Å²) in [5.74, 6) is 0.755. The van der Waals surface area contributed by atoms with Gasteiger partial charge in [-0.15, -0.1) is 0 Å². The molecule has 1 saturated carbocycles. The zero-order valence-corrected chi connectivity index (χ0v) is 14.2. The Bertz CT molecular complexity index is 1000. The summed E-state index contributed by atoms with van der Waals surface area (Å²) < 4.78 is 1.55. The van der Waals surface area contributed by atoms with Gasteiger partial charge in [0.2, 0.25) is 0 Å². The van der Waals surface area contributed by atoms with E-state index in [9.17, 15) is 9.59 Å². The predicted molar refractivity (Wildman–Crippen MR) is 95.7 cm³/mol. The smallest absolute Gasteiger partial charge is 0.274 e. The molecule has 1 fully saturated rings. The molecule has 6 heteroatoms. The normalized spacial score (nSPS) is 19.1. The minimum absolute atomic E-state index is 0.217. The third kappa shape index (κ3) is 2.84. The van der Waals surface area contributed by atoms with E-state index in [2.05, 4.69) is 27.5 Å². The maximum absolute atomic E-state index is 12.6. The van der Waals surface area contributed by atoms with Gasteiger partial charge in [0, 0.05) is 19.3 Å². The van der Waals surface area contributed by atoms with Crippen molar-refractivity contribution in [1.82, 2.24) is 20.1 Å². The molecule has 4 rings (SSSR count). The number of aromatic nitrogens is 3. The molecule has 1 amide bonds. The number of H-pyrrole nitrogens is 1. The molecule has 0 unspecified atom stereocenters. The van der Waals surface area contributed by atoms with E-state index in [4.69, 9.17) is 0 Å². The van der Waals surface area contributed by atoms with Crippen LogP contribution in [0.5, 0.6) is 0 Å². The van der Waals surface area contributed by atoms with Crippen molar-refractivity contribution in [3.63, 3.8) is 0 Å². The number of aromatic amines is 1. The van der Waals surface area contributed by atoms with E-state index >= 15 is 0 Å². The first kappa shape index (κ1) is 15.6. The molecular formula is C19H20N4O2. The highest BCUT2D eigenvalue weighted by Crippen LogP contribution is 2.46. The molecule has 25 heavy (non-hydrogen) atoms. The molecule has 0 bridgehead atoms. The molecule has 2 heterocycles. The van der Waals surface area contributed by atoms with Crippen LogP contribution >= 0.6 is 0 Å². The summed E-state index contributed by atoms with van der Waals surface area (Å²) in [6, 6.07) is 12.0. The fourth-order valence-electron chi connectivity index (χ4n) is 3.46. The lowest BCUT2D eigenvalue weighted by Gasteiger charge is -2.07. The minimum Gasteiger partial charge on any atom is -0.352 e. The Morgan fingerprint density at radius 1 is 1.36 bits per heavy atom. The van der Waals surface area contributed by atoms with Crippen LogP contribution in [0.25, 0.3) is 11.0 Å². The van der Waals surface area contributed by atoms with Crippen LogP contribution in [-0.4, -0.2) is 27.2 Å². The zero-order chi connectivity index (χ0) is 17.6. The van der Waals surface area contributed by atoms with E-state index < -0.39 is 0 Å². The first-order chi connectivity index (χ1) is 12.0. The van der Waals surface area contributed by atoms with Crippen molar-refractivity contribution in [1.29, 1.82) is 0 Å². The van der Waals surface area contributed by atoms with Crippen LogP contribution in [0.15, 0.2) is 41.2 Å².